The molecular weight excluding hydrogens is 220 g/mol. The van der Waals surface area contributed by atoms with Crippen molar-refractivity contribution in [1.29, 1.82) is 0 Å². The van der Waals surface area contributed by atoms with Gasteiger partial charge in [0.1, 0.15) is 0 Å². The molecule has 0 aliphatic carbocycles. The van der Waals surface area contributed by atoms with Gasteiger partial charge in [0.05, 0.1) is 8.07 Å². The lowest BCUT2D eigenvalue weighted by Crippen LogP contribution is -2.37. The van der Waals surface area contributed by atoms with Crippen molar-refractivity contribution >= 4 is 18.8 Å². The van der Waals surface area contributed by atoms with Crippen LogP contribution in [0.15, 0.2) is 55.1 Å². The van der Waals surface area contributed by atoms with E-state index in [1.165, 1.54) is 16.3 Å². The summed E-state index contributed by atoms with van der Waals surface area (Å²) in [7, 11) is -1.19. The summed E-state index contributed by atoms with van der Waals surface area (Å²) in [6, 6.07) is 8.91. The molecule has 0 saturated carbocycles. The molecule has 0 aromatic heterocycles. The van der Waals surface area contributed by atoms with E-state index in [-0.39, 0.29) is 0 Å². The van der Waals surface area contributed by atoms with Crippen LogP contribution < -0.4 is 5.19 Å². The minimum absolute atomic E-state index is 1.17. The molecule has 0 N–H and O–H groups in total. The van der Waals surface area contributed by atoms with Gasteiger partial charge in [-0.05, 0) is 18.1 Å². The molecule has 1 aromatic carbocycles. The van der Waals surface area contributed by atoms with Gasteiger partial charge in [0.25, 0.3) is 0 Å². The lowest BCUT2D eigenvalue weighted by molar-refractivity contribution is 1.61. The summed E-state index contributed by atoms with van der Waals surface area (Å²) < 4.78 is 0. The quantitative estimate of drug-likeness (QED) is 0.543. The Morgan fingerprint density at radius 1 is 1.12 bits per heavy atom. The number of hydrogen-bond acceptors (Lipinski definition) is 0. The Balaban J connectivity index is 3.05. The highest BCUT2D eigenvalue weighted by Gasteiger charge is 2.15. The van der Waals surface area contributed by atoms with Crippen LogP contribution in [0.1, 0.15) is 12.5 Å². The normalized spacial score (nSPS) is 13.1. The third-order valence-electron chi connectivity index (χ3n) is 2.77. The number of benzene rings is 1. The summed E-state index contributed by atoms with van der Waals surface area (Å²) in [5, 5.41) is 1.50. The highest BCUT2D eigenvalue weighted by molar-refractivity contribution is 6.88. The number of rotatable bonds is 4. The molecule has 0 fully saturated rings. The third kappa shape index (κ3) is 3.86. The summed E-state index contributed by atoms with van der Waals surface area (Å²) in [5.74, 6) is 0. The topological polar surface area (TPSA) is 0 Å². The van der Waals surface area contributed by atoms with Crippen LogP contribution in [0.4, 0.5) is 0 Å². The van der Waals surface area contributed by atoms with Crippen LogP contribution in [0, 0.1) is 0 Å². The van der Waals surface area contributed by atoms with Crippen molar-refractivity contribution < 1.29 is 0 Å². The van der Waals surface area contributed by atoms with Crippen molar-refractivity contribution in [2.75, 3.05) is 0 Å². The molecule has 1 rings (SSSR count). The van der Waals surface area contributed by atoms with Crippen molar-refractivity contribution in [2.45, 2.75) is 26.6 Å². The van der Waals surface area contributed by atoms with Gasteiger partial charge in [-0.1, -0.05) is 80.0 Å². The van der Waals surface area contributed by atoms with Crippen molar-refractivity contribution in [1.82, 2.24) is 0 Å². The summed E-state index contributed by atoms with van der Waals surface area (Å²) in [6.45, 7) is 13.0. The van der Waals surface area contributed by atoms with Gasteiger partial charge >= 0.3 is 0 Å². The highest BCUT2D eigenvalue weighted by atomic mass is 28.3. The van der Waals surface area contributed by atoms with Crippen molar-refractivity contribution in [3.8, 4) is 0 Å². The van der Waals surface area contributed by atoms with Gasteiger partial charge in [0.2, 0.25) is 0 Å². The second kappa shape index (κ2) is 5.83. The Bertz CT molecular complexity index is 428. The standard InChI is InChI=1S/C16H22Si/c1-6-8-9-14(7-2)15-10-12-16(13-11-15)17(3,4)5/h6-13H,2H2,1,3-5H3/b8-6-,14-9+. The molecule has 0 spiro atoms. The SMILES string of the molecule is C=C/C(=C\C=C/C)c1ccc([Si](C)(C)C)cc1. The lowest BCUT2D eigenvalue weighted by atomic mass is 10.1. The monoisotopic (exact) mass is 242 g/mol. The van der Waals surface area contributed by atoms with Crippen molar-refractivity contribution in [2.24, 2.45) is 0 Å². The molecule has 0 saturated heterocycles. The van der Waals surface area contributed by atoms with E-state index in [2.05, 4.69) is 56.6 Å². The summed E-state index contributed by atoms with van der Waals surface area (Å²) in [6.07, 6.45) is 8.07. The lowest BCUT2D eigenvalue weighted by Gasteiger charge is -2.16. The smallest absolute Gasteiger partial charge is 0.0775 e. The molecule has 90 valence electrons. The van der Waals surface area contributed by atoms with Crippen LogP contribution in [-0.2, 0) is 0 Å². The maximum Gasteiger partial charge on any atom is 0.0775 e. The predicted octanol–water partition coefficient (Wildman–Crippen LogP) is 4.38. The van der Waals surface area contributed by atoms with Crippen LogP contribution >= 0.6 is 0 Å². The minimum Gasteiger partial charge on any atom is -0.0984 e. The fraction of sp³-hybridized carbons (Fsp3) is 0.250. The Morgan fingerprint density at radius 3 is 2.12 bits per heavy atom. The molecule has 0 aliphatic heterocycles. The average Bonchev–Trinajstić information content (AvgIpc) is 2.29. The molecule has 0 atom stereocenters. The molecular formula is C16H22Si. The second-order valence-corrected chi connectivity index (χ2v) is 10.3. The van der Waals surface area contributed by atoms with Gasteiger partial charge in [0.15, 0.2) is 0 Å². The number of allylic oxidation sites excluding steroid dienone is 5. The van der Waals surface area contributed by atoms with Crippen LogP contribution in [-0.4, -0.2) is 8.07 Å². The third-order valence-corrected chi connectivity index (χ3v) is 4.84. The van der Waals surface area contributed by atoms with Crippen molar-refractivity contribution in [3.63, 3.8) is 0 Å². The molecule has 0 amide bonds. The molecule has 17 heavy (non-hydrogen) atoms. The first-order valence-corrected chi connectivity index (χ1v) is 9.55. The maximum absolute atomic E-state index is 3.87. The van der Waals surface area contributed by atoms with Crippen molar-refractivity contribution in [3.05, 3.63) is 60.7 Å². The van der Waals surface area contributed by atoms with Gasteiger partial charge in [-0.25, -0.2) is 0 Å². The maximum atomic E-state index is 3.87. The van der Waals surface area contributed by atoms with E-state index in [0.717, 1.165) is 0 Å². The first-order chi connectivity index (χ1) is 7.99. The molecule has 0 unspecified atom stereocenters. The van der Waals surface area contributed by atoms with Gasteiger partial charge < -0.3 is 0 Å². The van der Waals surface area contributed by atoms with E-state index >= 15 is 0 Å². The Morgan fingerprint density at radius 2 is 1.71 bits per heavy atom. The first kappa shape index (κ1) is 13.7. The van der Waals surface area contributed by atoms with Gasteiger partial charge in [-0.2, -0.15) is 0 Å². The number of hydrogen-bond donors (Lipinski definition) is 0. The molecule has 0 bridgehead atoms. The average molecular weight is 242 g/mol. The van der Waals surface area contributed by atoms with Crippen LogP contribution in [0.3, 0.4) is 0 Å². The Kier molecular flexibility index (Phi) is 4.70. The van der Waals surface area contributed by atoms with E-state index in [0.29, 0.717) is 0 Å². The predicted molar refractivity (Wildman–Crippen MR) is 82.4 cm³/mol. The molecule has 1 aromatic rings. The minimum atomic E-state index is -1.19. The summed E-state index contributed by atoms with van der Waals surface area (Å²) >= 11 is 0. The molecule has 0 radical (unpaired) electrons. The molecule has 0 aliphatic rings. The summed E-state index contributed by atoms with van der Waals surface area (Å²) in [5.41, 5.74) is 2.41. The van der Waals surface area contributed by atoms with E-state index in [9.17, 15) is 0 Å². The van der Waals surface area contributed by atoms with E-state index in [1.54, 1.807) is 0 Å². The Hall–Kier alpha value is -1.34. The largest absolute Gasteiger partial charge is 0.0984 e. The van der Waals surface area contributed by atoms with Gasteiger partial charge in [-0.15, -0.1) is 0 Å². The van der Waals surface area contributed by atoms with Gasteiger partial charge in [-0.3, -0.25) is 0 Å². The summed E-state index contributed by atoms with van der Waals surface area (Å²) in [4.78, 5) is 0. The van der Waals surface area contributed by atoms with Gasteiger partial charge in [0, 0.05) is 0 Å². The zero-order valence-electron chi connectivity index (χ0n) is 11.3. The zero-order chi connectivity index (χ0) is 12.9. The highest BCUT2D eigenvalue weighted by Crippen LogP contribution is 2.15. The molecule has 1 heteroatoms. The van der Waals surface area contributed by atoms with E-state index in [1.807, 2.05) is 25.2 Å². The van der Waals surface area contributed by atoms with E-state index in [4.69, 9.17) is 0 Å². The van der Waals surface area contributed by atoms with Crippen LogP contribution in [0.25, 0.3) is 5.57 Å². The first-order valence-electron chi connectivity index (χ1n) is 6.05. The van der Waals surface area contributed by atoms with Crippen LogP contribution in [0.2, 0.25) is 19.6 Å². The molecule has 0 nitrogen and oxygen atoms in total. The second-order valence-electron chi connectivity index (χ2n) is 5.18. The fourth-order valence-corrected chi connectivity index (χ4v) is 2.81. The molecule has 0 heterocycles. The Labute approximate surface area is 106 Å². The van der Waals surface area contributed by atoms with Crippen LogP contribution in [0.5, 0.6) is 0 Å². The van der Waals surface area contributed by atoms with E-state index < -0.39 is 8.07 Å². The fourth-order valence-electron chi connectivity index (χ4n) is 1.64. The zero-order valence-corrected chi connectivity index (χ0v) is 12.3.